The van der Waals surface area contributed by atoms with Crippen molar-refractivity contribution in [2.45, 2.75) is 45.3 Å². The van der Waals surface area contributed by atoms with E-state index in [0.717, 1.165) is 10.8 Å². The summed E-state index contributed by atoms with van der Waals surface area (Å²) in [6.07, 6.45) is 0.667. The first-order valence-electron chi connectivity index (χ1n) is 11.9. The predicted molar refractivity (Wildman–Crippen MR) is 142 cm³/mol. The molecular weight excluding hydrogens is 478 g/mol. The van der Waals surface area contributed by atoms with E-state index < -0.39 is 16.9 Å². The first-order valence-corrected chi connectivity index (χ1v) is 13.0. The minimum atomic E-state index is -2.28. The maximum atomic E-state index is 12.8. The topological polar surface area (TPSA) is 99.2 Å². The molecule has 0 aromatic heterocycles. The van der Waals surface area contributed by atoms with Gasteiger partial charge in [0, 0.05) is 41.2 Å². The fourth-order valence-corrected chi connectivity index (χ4v) is 5.19. The molecule has 1 atom stereocenters. The molecule has 190 valence electrons. The minimum absolute atomic E-state index is 0.231. The van der Waals surface area contributed by atoms with Crippen LogP contribution in [0.5, 0.6) is 0 Å². The number of fused-ring (bicyclic) bond motifs is 1. The van der Waals surface area contributed by atoms with E-state index in [2.05, 4.69) is 5.32 Å². The fourth-order valence-electron chi connectivity index (χ4n) is 4.40. The molecule has 0 aliphatic carbocycles. The summed E-state index contributed by atoms with van der Waals surface area (Å²) < 4.78 is 29.8. The fraction of sp³-hybridized carbons (Fsp3) is 0.333. The molecular formula is C27H31N3O5S. The van der Waals surface area contributed by atoms with Crippen LogP contribution in [0.25, 0.3) is 10.8 Å². The zero-order chi connectivity index (χ0) is 25.9. The Morgan fingerprint density at radius 1 is 0.972 bits per heavy atom. The number of carbonyl (C=O) groups is 2. The van der Waals surface area contributed by atoms with Gasteiger partial charge >= 0.3 is 6.09 Å². The van der Waals surface area contributed by atoms with Crippen LogP contribution in [0.3, 0.4) is 0 Å². The third-order valence-corrected chi connectivity index (χ3v) is 6.87. The van der Waals surface area contributed by atoms with Gasteiger partial charge in [0.25, 0.3) is 17.2 Å². The maximum Gasteiger partial charge on any atom is 0.410 e. The Morgan fingerprint density at radius 2 is 1.61 bits per heavy atom. The molecule has 0 bridgehead atoms. The Morgan fingerprint density at radius 3 is 2.25 bits per heavy atom. The molecule has 8 nitrogen and oxygen atoms in total. The number of piperidine rings is 1. The van der Waals surface area contributed by atoms with Gasteiger partial charge in [0.2, 0.25) is 0 Å². The van der Waals surface area contributed by atoms with E-state index in [9.17, 15) is 18.4 Å². The second-order valence-corrected chi connectivity index (χ2v) is 10.6. The smallest absolute Gasteiger partial charge is 0.410 e. The van der Waals surface area contributed by atoms with Crippen LogP contribution in [-0.2, 0) is 16.0 Å². The van der Waals surface area contributed by atoms with Crippen molar-refractivity contribution in [2.75, 3.05) is 22.7 Å². The molecule has 4 rings (SSSR count). The lowest BCUT2D eigenvalue weighted by molar-refractivity contribution is 0.0207. The number of hydrogen-bond acceptors (Lipinski definition) is 4. The molecule has 36 heavy (non-hydrogen) atoms. The Bertz CT molecular complexity index is 1270. The number of ether oxygens (including phenoxy) is 1. The van der Waals surface area contributed by atoms with Gasteiger partial charge in [-0.15, -0.1) is 0 Å². The summed E-state index contributed by atoms with van der Waals surface area (Å²) in [6, 6.07) is 19.7. The summed E-state index contributed by atoms with van der Waals surface area (Å²) in [4.78, 5) is 26.8. The third kappa shape index (κ3) is 5.85. The van der Waals surface area contributed by atoms with Crippen molar-refractivity contribution >= 4 is 45.4 Å². The molecule has 1 unspecified atom stereocenters. The number of nitrogens with zero attached hydrogens (tertiary/aromatic N) is 2. The molecule has 1 aliphatic rings. The van der Waals surface area contributed by atoms with E-state index in [1.807, 2.05) is 57.2 Å². The van der Waals surface area contributed by atoms with Crippen LogP contribution < -0.4 is 9.62 Å². The lowest BCUT2D eigenvalue weighted by Crippen LogP contribution is -2.48. The Balaban J connectivity index is 1.58. The number of anilines is 2. The van der Waals surface area contributed by atoms with E-state index in [1.165, 1.54) is 4.31 Å². The van der Waals surface area contributed by atoms with Crippen LogP contribution in [0.1, 0.15) is 44.0 Å². The first-order chi connectivity index (χ1) is 17.1. The van der Waals surface area contributed by atoms with Gasteiger partial charge in [0.1, 0.15) is 5.60 Å². The number of amides is 2. The van der Waals surface area contributed by atoms with Crippen molar-refractivity contribution in [3.8, 4) is 0 Å². The summed E-state index contributed by atoms with van der Waals surface area (Å²) in [5, 5.41) is 4.47. The summed E-state index contributed by atoms with van der Waals surface area (Å²) in [5.74, 6) is -0.231. The van der Waals surface area contributed by atoms with Gasteiger partial charge in [0.15, 0.2) is 0 Å². The minimum Gasteiger partial charge on any atom is -0.444 e. The Kier molecular flexibility index (Phi) is 7.61. The SMILES string of the molecule is CC(C)(C)OC(=O)N1CCC(N(c2cccc3c(NC(=O)c4ccccc4)cccc23)S(=O)O)CC1. The first kappa shape index (κ1) is 25.7. The molecule has 2 amide bonds. The molecule has 3 aromatic carbocycles. The monoisotopic (exact) mass is 509 g/mol. The average molecular weight is 510 g/mol. The van der Waals surface area contributed by atoms with Gasteiger partial charge in [-0.05, 0) is 57.9 Å². The number of hydrogen-bond donors (Lipinski definition) is 2. The molecule has 1 saturated heterocycles. The number of benzene rings is 3. The lowest BCUT2D eigenvalue weighted by Gasteiger charge is -2.38. The van der Waals surface area contributed by atoms with Crippen LogP contribution in [-0.4, -0.2) is 50.4 Å². The second-order valence-electron chi connectivity index (χ2n) is 9.75. The molecule has 2 N–H and O–H groups in total. The highest BCUT2D eigenvalue weighted by molar-refractivity contribution is 7.80. The molecule has 9 heteroatoms. The predicted octanol–water partition coefficient (Wildman–Crippen LogP) is 5.43. The summed E-state index contributed by atoms with van der Waals surface area (Å²) in [6.45, 7) is 6.33. The number of rotatable bonds is 5. The standard InChI is InChI=1S/C27H31N3O5S/c1-27(2,3)35-26(32)29-17-15-20(16-18-29)30(36(33)34)24-14-8-11-21-22(24)12-7-13-23(21)28-25(31)19-9-5-4-6-10-19/h4-14,20H,15-18H2,1-3H3,(H,28,31)(H,33,34). The normalized spacial score (nSPS) is 15.4. The zero-order valence-corrected chi connectivity index (χ0v) is 21.5. The van der Waals surface area contributed by atoms with E-state index >= 15 is 0 Å². The van der Waals surface area contributed by atoms with E-state index in [1.54, 1.807) is 35.2 Å². The van der Waals surface area contributed by atoms with Gasteiger partial charge in [-0.1, -0.05) is 42.5 Å². The van der Waals surface area contributed by atoms with Crippen LogP contribution in [0, 0.1) is 0 Å². The summed E-state index contributed by atoms with van der Waals surface area (Å²) >= 11 is -2.28. The molecule has 0 radical (unpaired) electrons. The summed E-state index contributed by atoms with van der Waals surface area (Å²) in [7, 11) is 0. The quantitative estimate of drug-likeness (QED) is 0.447. The van der Waals surface area contributed by atoms with Gasteiger partial charge < -0.3 is 15.0 Å². The third-order valence-electron chi connectivity index (χ3n) is 6.04. The maximum absolute atomic E-state index is 12.8. The summed E-state index contributed by atoms with van der Waals surface area (Å²) in [5.41, 5.74) is 1.18. The van der Waals surface area contributed by atoms with Crippen LogP contribution >= 0.6 is 0 Å². The highest BCUT2D eigenvalue weighted by Crippen LogP contribution is 2.35. The van der Waals surface area contributed by atoms with Crippen molar-refractivity contribution in [1.29, 1.82) is 0 Å². The van der Waals surface area contributed by atoms with Crippen molar-refractivity contribution in [3.05, 3.63) is 72.3 Å². The van der Waals surface area contributed by atoms with E-state index in [-0.39, 0.29) is 18.0 Å². The van der Waals surface area contributed by atoms with Gasteiger partial charge in [-0.3, -0.25) is 13.7 Å². The van der Waals surface area contributed by atoms with E-state index in [4.69, 9.17) is 4.74 Å². The highest BCUT2D eigenvalue weighted by Gasteiger charge is 2.32. The molecule has 0 saturated carbocycles. The van der Waals surface area contributed by atoms with E-state index in [0.29, 0.717) is 42.9 Å². The number of carbonyl (C=O) groups excluding carboxylic acids is 2. The van der Waals surface area contributed by atoms with Crippen molar-refractivity contribution in [2.24, 2.45) is 0 Å². The molecule has 1 heterocycles. The van der Waals surface area contributed by atoms with Gasteiger partial charge in [-0.25, -0.2) is 9.00 Å². The van der Waals surface area contributed by atoms with Crippen LogP contribution in [0.15, 0.2) is 66.7 Å². The average Bonchev–Trinajstić information content (AvgIpc) is 2.84. The molecule has 3 aromatic rings. The molecule has 1 fully saturated rings. The Hall–Kier alpha value is -3.43. The van der Waals surface area contributed by atoms with Crippen LogP contribution in [0.4, 0.5) is 16.2 Å². The number of nitrogens with one attached hydrogen (secondary N) is 1. The second kappa shape index (κ2) is 10.7. The molecule has 0 spiro atoms. The highest BCUT2D eigenvalue weighted by atomic mass is 32.2. The number of likely N-dealkylation sites (tertiary alicyclic amines) is 1. The lowest BCUT2D eigenvalue weighted by atomic mass is 10.0. The van der Waals surface area contributed by atoms with Crippen LogP contribution in [0.2, 0.25) is 0 Å². The van der Waals surface area contributed by atoms with Crippen molar-refractivity contribution < 1.29 is 23.1 Å². The van der Waals surface area contributed by atoms with Gasteiger partial charge in [0.05, 0.1) is 5.69 Å². The molecule has 1 aliphatic heterocycles. The van der Waals surface area contributed by atoms with Gasteiger partial charge in [-0.2, -0.15) is 0 Å². The van der Waals surface area contributed by atoms with Crippen molar-refractivity contribution in [3.63, 3.8) is 0 Å². The van der Waals surface area contributed by atoms with Crippen molar-refractivity contribution in [1.82, 2.24) is 4.90 Å². The Labute approximate surface area is 213 Å². The zero-order valence-electron chi connectivity index (χ0n) is 20.6. The largest absolute Gasteiger partial charge is 0.444 e.